The third-order valence-corrected chi connectivity index (χ3v) is 3.42. The van der Waals surface area contributed by atoms with Gasteiger partial charge in [0.1, 0.15) is 5.82 Å². The molecular formula is C14H17FN2O4. The number of non-ortho nitro benzene ring substituents is 1. The van der Waals surface area contributed by atoms with Crippen molar-refractivity contribution in [1.82, 2.24) is 4.90 Å². The highest BCUT2D eigenvalue weighted by molar-refractivity contribution is 5.95. The van der Waals surface area contributed by atoms with E-state index in [1.165, 1.54) is 11.8 Å². The standard InChI is InChI=1S/C14H17FN2O4/c1-9-6-11(17(19)20)7-12(13(9)15)14(18)16-4-3-5-21-10(2)8-16/h6-7,10H,3-5,8H2,1-2H3. The second-order valence-electron chi connectivity index (χ2n) is 5.17. The van der Waals surface area contributed by atoms with Gasteiger partial charge in [-0.25, -0.2) is 4.39 Å². The summed E-state index contributed by atoms with van der Waals surface area (Å²) in [5.41, 5.74) is -0.446. The van der Waals surface area contributed by atoms with Gasteiger partial charge < -0.3 is 9.64 Å². The fourth-order valence-electron chi connectivity index (χ4n) is 2.36. The zero-order chi connectivity index (χ0) is 15.6. The number of amides is 1. The minimum Gasteiger partial charge on any atom is -0.377 e. The molecule has 2 rings (SSSR count). The van der Waals surface area contributed by atoms with Crippen molar-refractivity contribution in [3.8, 4) is 0 Å². The van der Waals surface area contributed by atoms with Crippen molar-refractivity contribution < 1.29 is 18.8 Å². The molecule has 1 amide bonds. The van der Waals surface area contributed by atoms with Crippen LogP contribution in [0.1, 0.15) is 29.3 Å². The number of aryl methyl sites for hydroxylation is 1. The first-order valence-electron chi connectivity index (χ1n) is 6.75. The summed E-state index contributed by atoms with van der Waals surface area (Å²) in [5, 5.41) is 10.9. The Hall–Kier alpha value is -2.02. The summed E-state index contributed by atoms with van der Waals surface area (Å²) in [4.78, 5) is 24.2. The Morgan fingerprint density at radius 3 is 2.90 bits per heavy atom. The molecule has 1 saturated heterocycles. The average Bonchev–Trinajstić information content (AvgIpc) is 2.65. The number of ether oxygens (including phenoxy) is 1. The molecule has 1 aliphatic heterocycles. The van der Waals surface area contributed by atoms with Crippen LogP contribution in [0.3, 0.4) is 0 Å². The van der Waals surface area contributed by atoms with Crippen LogP contribution in [0.2, 0.25) is 0 Å². The average molecular weight is 296 g/mol. The van der Waals surface area contributed by atoms with E-state index in [1.54, 1.807) is 0 Å². The van der Waals surface area contributed by atoms with Gasteiger partial charge in [0.15, 0.2) is 0 Å². The second kappa shape index (κ2) is 6.17. The fraction of sp³-hybridized carbons (Fsp3) is 0.500. The van der Waals surface area contributed by atoms with Gasteiger partial charge in [0.05, 0.1) is 16.6 Å². The SMILES string of the molecule is Cc1cc([N+](=O)[O-])cc(C(=O)N2CCCOC(C)C2)c1F. The quantitative estimate of drug-likeness (QED) is 0.620. The molecule has 6 nitrogen and oxygen atoms in total. The lowest BCUT2D eigenvalue weighted by Gasteiger charge is -2.22. The maximum atomic E-state index is 14.1. The van der Waals surface area contributed by atoms with Gasteiger partial charge in [-0.15, -0.1) is 0 Å². The number of carbonyl (C=O) groups excluding carboxylic acids is 1. The number of benzene rings is 1. The van der Waals surface area contributed by atoms with Gasteiger partial charge in [-0.05, 0) is 25.8 Å². The highest BCUT2D eigenvalue weighted by Crippen LogP contribution is 2.23. The van der Waals surface area contributed by atoms with E-state index in [1.807, 2.05) is 6.92 Å². The minimum atomic E-state index is -0.705. The molecule has 1 aromatic carbocycles. The zero-order valence-electron chi connectivity index (χ0n) is 12.0. The number of halogens is 1. The first-order valence-corrected chi connectivity index (χ1v) is 6.75. The largest absolute Gasteiger partial charge is 0.377 e. The maximum Gasteiger partial charge on any atom is 0.270 e. The summed E-state index contributed by atoms with van der Waals surface area (Å²) in [6.45, 7) is 4.58. The molecule has 1 atom stereocenters. The molecule has 1 heterocycles. The van der Waals surface area contributed by atoms with Crippen molar-refractivity contribution in [2.24, 2.45) is 0 Å². The summed E-state index contributed by atoms with van der Waals surface area (Å²) in [5.74, 6) is -1.24. The first-order chi connectivity index (χ1) is 9.90. The summed E-state index contributed by atoms with van der Waals surface area (Å²) >= 11 is 0. The molecule has 21 heavy (non-hydrogen) atoms. The number of hydrogen-bond donors (Lipinski definition) is 0. The Morgan fingerprint density at radius 1 is 1.52 bits per heavy atom. The smallest absolute Gasteiger partial charge is 0.270 e. The third kappa shape index (κ3) is 3.36. The van der Waals surface area contributed by atoms with E-state index in [-0.39, 0.29) is 22.9 Å². The Bertz CT molecular complexity index is 576. The van der Waals surface area contributed by atoms with Crippen molar-refractivity contribution in [3.05, 3.63) is 39.2 Å². The van der Waals surface area contributed by atoms with Gasteiger partial charge in [0.2, 0.25) is 0 Å². The lowest BCUT2D eigenvalue weighted by molar-refractivity contribution is -0.385. The molecule has 7 heteroatoms. The summed E-state index contributed by atoms with van der Waals surface area (Å²) < 4.78 is 19.6. The molecule has 0 N–H and O–H groups in total. The van der Waals surface area contributed by atoms with Gasteiger partial charge in [-0.2, -0.15) is 0 Å². The predicted octanol–water partition coefficient (Wildman–Crippen LogP) is 2.29. The lowest BCUT2D eigenvalue weighted by atomic mass is 10.1. The molecule has 1 aliphatic rings. The molecule has 0 aromatic heterocycles. The highest BCUT2D eigenvalue weighted by atomic mass is 19.1. The molecule has 114 valence electrons. The topological polar surface area (TPSA) is 72.7 Å². The highest BCUT2D eigenvalue weighted by Gasteiger charge is 2.26. The number of nitro benzene ring substituents is 1. The van der Waals surface area contributed by atoms with Crippen molar-refractivity contribution in [2.75, 3.05) is 19.7 Å². The number of rotatable bonds is 2. The summed E-state index contributed by atoms with van der Waals surface area (Å²) in [6, 6.07) is 2.13. The Labute approximate surface area is 121 Å². The molecule has 0 saturated carbocycles. The number of nitrogens with zero attached hydrogens (tertiary/aromatic N) is 2. The molecule has 0 radical (unpaired) electrons. The van der Waals surface area contributed by atoms with E-state index < -0.39 is 16.6 Å². The van der Waals surface area contributed by atoms with Crippen molar-refractivity contribution in [3.63, 3.8) is 0 Å². The molecule has 0 aliphatic carbocycles. The number of hydrogen-bond acceptors (Lipinski definition) is 4. The van der Waals surface area contributed by atoms with Crippen LogP contribution in [0.25, 0.3) is 0 Å². The predicted molar refractivity (Wildman–Crippen MR) is 73.7 cm³/mol. The molecule has 0 bridgehead atoms. The van der Waals surface area contributed by atoms with Crippen LogP contribution in [0, 0.1) is 22.9 Å². The second-order valence-corrected chi connectivity index (χ2v) is 5.17. The van der Waals surface area contributed by atoms with Gasteiger partial charge in [-0.3, -0.25) is 14.9 Å². The molecule has 0 spiro atoms. The monoisotopic (exact) mass is 296 g/mol. The summed E-state index contributed by atoms with van der Waals surface area (Å²) in [7, 11) is 0. The number of nitro groups is 1. The van der Waals surface area contributed by atoms with Gasteiger partial charge in [0, 0.05) is 31.8 Å². The van der Waals surface area contributed by atoms with Crippen LogP contribution in [-0.2, 0) is 4.74 Å². The van der Waals surface area contributed by atoms with Crippen LogP contribution in [0.4, 0.5) is 10.1 Å². The van der Waals surface area contributed by atoms with E-state index in [2.05, 4.69) is 0 Å². The van der Waals surface area contributed by atoms with Crippen molar-refractivity contribution in [1.29, 1.82) is 0 Å². The Balaban J connectivity index is 2.35. The molecule has 1 fully saturated rings. The van der Waals surface area contributed by atoms with Crippen molar-refractivity contribution >= 4 is 11.6 Å². The summed E-state index contributed by atoms with van der Waals surface area (Å²) in [6.07, 6.45) is 0.519. The first kappa shape index (κ1) is 15.4. The van der Waals surface area contributed by atoms with Crippen LogP contribution in [0.5, 0.6) is 0 Å². The van der Waals surface area contributed by atoms with E-state index in [0.717, 1.165) is 12.1 Å². The Kier molecular flexibility index (Phi) is 4.52. The van der Waals surface area contributed by atoms with Crippen LogP contribution >= 0.6 is 0 Å². The maximum absolute atomic E-state index is 14.1. The normalized spacial score (nSPS) is 19.2. The van der Waals surface area contributed by atoms with E-state index in [9.17, 15) is 19.3 Å². The molecular weight excluding hydrogens is 279 g/mol. The number of carbonyl (C=O) groups is 1. The fourth-order valence-corrected chi connectivity index (χ4v) is 2.36. The van der Waals surface area contributed by atoms with E-state index in [4.69, 9.17) is 4.74 Å². The van der Waals surface area contributed by atoms with Crippen LogP contribution in [-0.4, -0.2) is 41.5 Å². The van der Waals surface area contributed by atoms with Crippen molar-refractivity contribution in [2.45, 2.75) is 26.4 Å². The van der Waals surface area contributed by atoms with Crippen LogP contribution < -0.4 is 0 Å². The molecule has 1 unspecified atom stereocenters. The van der Waals surface area contributed by atoms with Crippen LogP contribution in [0.15, 0.2) is 12.1 Å². The van der Waals surface area contributed by atoms with E-state index in [0.29, 0.717) is 26.1 Å². The molecule has 1 aromatic rings. The van der Waals surface area contributed by atoms with Gasteiger partial charge >= 0.3 is 0 Å². The third-order valence-electron chi connectivity index (χ3n) is 3.42. The minimum absolute atomic E-state index is 0.0895. The van der Waals surface area contributed by atoms with E-state index >= 15 is 0 Å². The Morgan fingerprint density at radius 2 is 2.24 bits per heavy atom. The zero-order valence-corrected chi connectivity index (χ0v) is 12.0. The lowest BCUT2D eigenvalue weighted by Crippen LogP contribution is -2.36. The van der Waals surface area contributed by atoms with Gasteiger partial charge in [0.25, 0.3) is 11.6 Å². The van der Waals surface area contributed by atoms with Gasteiger partial charge in [-0.1, -0.05) is 0 Å².